The Morgan fingerprint density at radius 1 is 0.966 bits per heavy atom. The van der Waals surface area contributed by atoms with Crippen LogP contribution in [0.3, 0.4) is 0 Å². The molecule has 0 fully saturated rings. The summed E-state index contributed by atoms with van der Waals surface area (Å²) in [5.74, 6) is 1.37. The van der Waals surface area contributed by atoms with Crippen LogP contribution in [-0.4, -0.2) is 16.7 Å². The Kier molecular flexibility index (Phi) is 5.88. The van der Waals surface area contributed by atoms with Gasteiger partial charge in [0.2, 0.25) is 0 Å². The number of hydrogen-bond donors (Lipinski definition) is 0. The second-order valence-corrected chi connectivity index (χ2v) is 7.84. The van der Waals surface area contributed by atoms with Gasteiger partial charge in [0.25, 0.3) is 5.56 Å². The third-order valence-electron chi connectivity index (χ3n) is 4.66. The van der Waals surface area contributed by atoms with Crippen LogP contribution in [0.15, 0.2) is 82.7 Å². The zero-order valence-corrected chi connectivity index (χ0v) is 17.4. The molecule has 0 radical (unpaired) electrons. The molecule has 3 aromatic carbocycles. The first-order valence-corrected chi connectivity index (χ1v) is 10.5. The van der Waals surface area contributed by atoms with Gasteiger partial charge in [0.05, 0.1) is 24.6 Å². The third kappa shape index (κ3) is 4.16. The molecule has 0 bridgehead atoms. The van der Waals surface area contributed by atoms with E-state index in [1.807, 2.05) is 72.8 Å². The fraction of sp³-hybridized carbons (Fsp3) is 0.130. The lowest BCUT2D eigenvalue weighted by molar-refractivity contribution is 0.407. The molecule has 0 N–H and O–H groups in total. The maximum Gasteiger partial charge on any atom is 0.262 e. The van der Waals surface area contributed by atoms with Gasteiger partial charge in [0.1, 0.15) is 5.75 Å². The molecule has 0 unspecified atom stereocenters. The van der Waals surface area contributed by atoms with E-state index in [9.17, 15) is 4.79 Å². The van der Waals surface area contributed by atoms with Crippen LogP contribution in [0.25, 0.3) is 10.9 Å². The first-order valence-electron chi connectivity index (χ1n) is 9.15. The molecule has 0 aliphatic rings. The van der Waals surface area contributed by atoms with Gasteiger partial charge in [-0.25, -0.2) is 4.98 Å². The molecule has 0 saturated carbocycles. The topological polar surface area (TPSA) is 44.1 Å². The molecule has 0 amide bonds. The fourth-order valence-electron chi connectivity index (χ4n) is 3.16. The summed E-state index contributed by atoms with van der Waals surface area (Å²) in [4.78, 5) is 18.0. The molecule has 4 aromatic rings. The van der Waals surface area contributed by atoms with E-state index in [1.165, 1.54) is 11.8 Å². The van der Waals surface area contributed by atoms with Gasteiger partial charge < -0.3 is 4.74 Å². The lowest BCUT2D eigenvalue weighted by Crippen LogP contribution is -2.24. The van der Waals surface area contributed by atoms with Crippen molar-refractivity contribution in [1.29, 1.82) is 0 Å². The van der Waals surface area contributed by atoms with Crippen molar-refractivity contribution in [2.45, 2.75) is 17.5 Å². The van der Waals surface area contributed by atoms with E-state index < -0.39 is 0 Å². The molecule has 0 spiro atoms. The summed E-state index contributed by atoms with van der Waals surface area (Å²) in [6, 6.07) is 22.8. The summed E-state index contributed by atoms with van der Waals surface area (Å²) in [6.45, 7) is 0.380. The van der Waals surface area contributed by atoms with Crippen molar-refractivity contribution in [2.24, 2.45) is 0 Å². The SMILES string of the molecule is COc1ccccc1Cn1c(SCc2ccccc2Cl)nc2ccccc2c1=O. The Hall–Kier alpha value is -2.76. The van der Waals surface area contributed by atoms with Crippen LogP contribution >= 0.6 is 23.4 Å². The van der Waals surface area contributed by atoms with Gasteiger partial charge in [-0.3, -0.25) is 9.36 Å². The highest BCUT2D eigenvalue weighted by Gasteiger charge is 2.14. The van der Waals surface area contributed by atoms with Crippen molar-refractivity contribution in [1.82, 2.24) is 9.55 Å². The molecule has 29 heavy (non-hydrogen) atoms. The number of hydrogen-bond acceptors (Lipinski definition) is 4. The molecule has 0 aliphatic heterocycles. The van der Waals surface area contributed by atoms with Gasteiger partial charge in [0, 0.05) is 16.3 Å². The molecular weight excluding hydrogens is 404 g/mol. The minimum absolute atomic E-state index is 0.0665. The quantitative estimate of drug-likeness (QED) is 0.308. The van der Waals surface area contributed by atoms with E-state index in [-0.39, 0.29) is 5.56 Å². The summed E-state index contributed by atoms with van der Waals surface area (Å²) in [5.41, 5.74) is 2.55. The smallest absolute Gasteiger partial charge is 0.262 e. The van der Waals surface area contributed by atoms with Crippen molar-refractivity contribution >= 4 is 34.3 Å². The fourth-order valence-corrected chi connectivity index (χ4v) is 4.44. The lowest BCUT2D eigenvalue weighted by atomic mass is 10.2. The van der Waals surface area contributed by atoms with E-state index in [1.54, 1.807) is 11.7 Å². The minimum atomic E-state index is -0.0665. The summed E-state index contributed by atoms with van der Waals surface area (Å²) in [5, 5.41) is 1.96. The van der Waals surface area contributed by atoms with Gasteiger partial charge >= 0.3 is 0 Å². The maximum atomic E-state index is 13.3. The van der Waals surface area contributed by atoms with Gasteiger partial charge in [0.15, 0.2) is 5.16 Å². The number of fused-ring (bicyclic) bond motifs is 1. The van der Waals surface area contributed by atoms with Crippen LogP contribution in [-0.2, 0) is 12.3 Å². The van der Waals surface area contributed by atoms with Gasteiger partial charge in [-0.2, -0.15) is 0 Å². The Balaban J connectivity index is 1.78. The van der Waals surface area contributed by atoms with Crippen molar-refractivity contribution in [3.63, 3.8) is 0 Å². The number of rotatable bonds is 6. The van der Waals surface area contributed by atoms with Crippen LogP contribution in [0, 0.1) is 0 Å². The average Bonchev–Trinajstić information content (AvgIpc) is 2.76. The second-order valence-electron chi connectivity index (χ2n) is 6.49. The number of aromatic nitrogens is 2. The first kappa shape index (κ1) is 19.6. The number of para-hydroxylation sites is 2. The number of methoxy groups -OCH3 is 1. The summed E-state index contributed by atoms with van der Waals surface area (Å²) < 4.78 is 7.18. The Morgan fingerprint density at radius 2 is 1.66 bits per heavy atom. The molecule has 4 nitrogen and oxygen atoms in total. The first-order chi connectivity index (χ1) is 14.2. The molecule has 1 aromatic heterocycles. The molecule has 0 saturated heterocycles. The second kappa shape index (κ2) is 8.72. The monoisotopic (exact) mass is 422 g/mol. The van der Waals surface area contributed by atoms with Crippen molar-refractivity contribution in [3.8, 4) is 5.75 Å². The number of thioether (sulfide) groups is 1. The predicted molar refractivity (Wildman–Crippen MR) is 119 cm³/mol. The highest BCUT2D eigenvalue weighted by Crippen LogP contribution is 2.27. The van der Waals surface area contributed by atoms with Crippen LogP contribution in [0.5, 0.6) is 5.75 Å². The highest BCUT2D eigenvalue weighted by atomic mass is 35.5. The largest absolute Gasteiger partial charge is 0.496 e. The van der Waals surface area contributed by atoms with E-state index in [2.05, 4.69) is 0 Å². The Bertz CT molecular complexity index is 1220. The lowest BCUT2D eigenvalue weighted by Gasteiger charge is -2.15. The molecule has 4 rings (SSSR count). The van der Waals surface area contributed by atoms with E-state index in [4.69, 9.17) is 21.3 Å². The molecule has 146 valence electrons. The number of ether oxygens (including phenoxy) is 1. The standard InChI is InChI=1S/C23H19ClN2O2S/c1-28-21-13-7-3-8-16(21)14-26-22(27)18-10-4-6-12-20(18)25-23(26)29-15-17-9-2-5-11-19(17)24/h2-13H,14-15H2,1H3. The van der Waals surface area contributed by atoms with Crippen LogP contribution in [0.2, 0.25) is 5.02 Å². The summed E-state index contributed by atoms with van der Waals surface area (Å²) in [7, 11) is 1.63. The summed E-state index contributed by atoms with van der Waals surface area (Å²) in [6.07, 6.45) is 0. The zero-order chi connectivity index (χ0) is 20.2. The van der Waals surface area contributed by atoms with Crippen LogP contribution in [0.1, 0.15) is 11.1 Å². The molecule has 0 aliphatic carbocycles. The molecule has 6 heteroatoms. The van der Waals surface area contributed by atoms with E-state index in [0.717, 1.165) is 16.9 Å². The number of benzene rings is 3. The van der Waals surface area contributed by atoms with Gasteiger partial charge in [-0.1, -0.05) is 71.9 Å². The van der Waals surface area contributed by atoms with Crippen molar-refractivity contribution in [2.75, 3.05) is 7.11 Å². The summed E-state index contributed by atoms with van der Waals surface area (Å²) >= 11 is 7.81. The minimum Gasteiger partial charge on any atom is -0.496 e. The van der Waals surface area contributed by atoms with E-state index in [0.29, 0.717) is 33.4 Å². The Morgan fingerprint density at radius 3 is 2.45 bits per heavy atom. The van der Waals surface area contributed by atoms with E-state index >= 15 is 0 Å². The van der Waals surface area contributed by atoms with Crippen LogP contribution in [0.4, 0.5) is 0 Å². The van der Waals surface area contributed by atoms with Crippen molar-refractivity contribution in [3.05, 3.63) is 99.3 Å². The number of nitrogens with zero attached hydrogens (tertiary/aromatic N) is 2. The average molecular weight is 423 g/mol. The third-order valence-corrected chi connectivity index (χ3v) is 6.06. The van der Waals surface area contributed by atoms with Gasteiger partial charge in [-0.05, 0) is 29.8 Å². The number of halogens is 1. The highest BCUT2D eigenvalue weighted by molar-refractivity contribution is 7.98. The van der Waals surface area contributed by atoms with Gasteiger partial charge in [-0.15, -0.1) is 0 Å². The molecule has 0 atom stereocenters. The Labute approximate surface area is 178 Å². The molecule has 1 heterocycles. The van der Waals surface area contributed by atoms with Crippen molar-refractivity contribution < 1.29 is 4.74 Å². The molecular formula is C23H19ClN2O2S. The normalized spacial score (nSPS) is 11.0. The zero-order valence-electron chi connectivity index (χ0n) is 15.8. The predicted octanol–water partition coefficient (Wildman–Crippen LogP) is 5.40. The van der Waals surface area contributed by atoms with Crippen LogP contribution < -0.4 is 10.3 Å². The maximum absolute atomic E-state index is 13.3.